The molecule has 0 radical (unpaired) electrons. The minimum Gasteiger partial charge on any atom is -0.438 e. The summed E-state index contributed by atoms with van der Waals surface area (Å²) in [5, 5.41) is 5.11. The maximum Gasteiger partial charge on any atom is 0.410 e. The Kier molecular flexibility index (Phi) is 5.64. The zero-order valence-corrected chi connectivity index (χ0v) is 20.2. The molecule has 0 spiro atoms. The number of aryl methyl sites for hydroxylation is 1. The van der Waals surface area contributed by atoms with Crippen LogP contribution in [0.5, 0.6) is 0 Å². The molecule has 1 aromatic carbocycles. The third-order valence-corrected chi connectivity index (χ3v) is 7.52. The van der Waals surface area contributed by atoms with Gasteiger partial charge in [0.1, 0.15) is 17.6 Å². The van der Waals surface area contributed by atoms with Gasteiger partial charge in [-0.1, -0.05) is 6.07 Å². The van der Waals surface area contributed by atoms with Crippen LogP contribution in [0.25, 0.3) is 11.1 Å². The minimum absolute atomic E-state index is 0.0165. The van der Waals surface area contributed by atoms with Gasteiger partial charge in [0, 0.05) is 26.0 Å². The lowest BCUT2D eigenvalue weighted by Gasteiger charge is -2.25. The number of aromatic nitrogens is 3. The number of hydrogen-bond donors (Lipinski definition) is 2. The van der Waals surface area contributed by atoms with Crippen LogP contribution in [0.2, 0.25) is 0 Å². The van der Waals surface area contributed by atoms with Gasteiger partial charge >= 0.3 is 12.2 Å². The third kappa shape index (κ3) is 4.76. The summed E-state index contributed by atoms with van der Waals surface area (Å²) in [4.78, 5) is 35.2. The molecule has 6 rings (SSSR count). The van der Waals surface area contributed by atoms with Crippen LogP contribution in [0.4, 0.5) is 18.0 Å². The van der Waals surface area contributed by atoms with Crippen molar-refractivity contribution >= 4 is 23.0 Å². The second kappa shape index (κ2) is 8.77. The Bertz CT molecular complexity index is 1330. The van der Waals surface area contributed by atoms with Gasteiger partial charge in [-0.3, -0.25) is 4.79 Å². The van der Waals surface area contributed by atoms with Gasteiger partial charge in [0.25, 0.3) is 5.91 Å². The van der Waals surface area contributed by atoms with Gasteiger partial charge in [-0.15, -0.1) is 0 Å². The molecule has 3 heterocycles. The van der Waals surface area contributed by atoms with Gasteiger partial charge in [0.05, 0.1) is 6.54 Å². The Morgan fingerprint density at radius 2 is 1.97 bits per heavy atom. The topological polar surface area (TPSA) is 105 Å². The number of benzene rings is 1. The molecule has 2 unspecified atom stereocenters. The molecular formula is C25H27F3N6O3. The molecule has 3 aliphatic rings. The normalized spacial score (nSPS) is 21.1. The van der Waals surface area contributed by atoms with Crippen LogP contribution in [0.3, 0.4) is 0 Å². The Morgan fingerprint density at radius 1 is 1.24 bits per heavy atom. The number of amides is 3. The Hall–Kier alpha value is -3.57. The number of fused-ring (bicyclic) bond motifs is 1. The van der Waals surface area contributed by atoms with Gasteiger partial charge < -0.3 is 24.5 Å². The largest absolute Gasteiger partial charge is 0.438 e. The molecule has 2 aliphatic carbocycles. The molecule has 3 amide bonds. The molecule has 12 heteroatoms. The number of carbonyl (C=O) groups is 2. The molecule has 37 heavy (non-hydrogen) atoms. The molecule has 3 fully saturated rings. The average molecular weight is 517 g/mol. The molecule has 2 saturated carbocycles. The lowest BCUT2D eigenvalue weighted by atomic mass is 9.89. The van der Waals surface area contributed by atoms with Gasteiger partial charge in [0.15, 0.2) is 11.4 Å². The molecule has 0 bridgehead atoms. The van der Waals surface area contributed by atoms with E-state index in [9.17, 15) is 22.8 Å². The molecule has 1 saturated heterocycles. The van der Waals surface area contributed by atoms with Crippen molar-refractivity contribution in [2.75, 3.05) is 6.54 Å². The fourth-order valence-electron chi connectivity index (χ4n) is 5.36. The van der Waals surface area contributed by atoms with Gasteiger partial charge in [0.2, 0.25) is 5.89 Å². The summed E-state index contributed by atoms with van der Waals surface area (Å²) < 4.78 is 46.9. The van der Waals surface area contributed by atoms with E-state index in [4.69, 9.17) is 9.40 Å². The Labute approximate surface area is 210 Å². The summed E-state index contributed by atoms with van der Waals surface area (Å²) in [5.74, 6) is 1.62. The van der Waals surface area contributed by atoms with Crippen molar-refractivity contribution in [3.05, 3.63) is 47.9 Å². The van der Waals surface area contributed by atoms with Crippen LogP contribution >= 0.6 is 0 Å². The number of halogens is 3. The van der Waals surface area contributed by atoms with Gasteiger partial charge in [-0.05, 0) is 61.1 Å². The highest BCUT2D eigenvalue weighted by Gasteiger charge is 2.48. The quantitative estimate of drug-likeness (QED) is 0.472. The van der Waals surface area contributed by atoms with Crippen molar-refractivity contribution in [3.63, 3.8) is 0 Å². The maximum atomic E-state index is 13.1. The summed E-state index contributed by atoms with van der Waals surface area (Å²) in [7, 11) is 1.76. The van der Waals surface area contributed by atoms with E-state index < -0.39 is 30.8 Å². The molecular weight excluding hydrogens is 489 g/mol. The lowest BCUT2D eigenvalue weighted by Crippen LogP contribution is -2.40. The maximum absolute atomic E-state index is 13.1. The van der Waals surface area contributed by atoms with E-state index in [1.54, 1.807) is 42.2 Å². The van der Waals surface area contributed by atoms with Crippen LogP contribution in [-0.4, -0.2) is 50.1 Å². The SMILES string of the molecule is Cn1ccnc1C(=O)NC(c1nc2cc(CN3CC(C(F)(F)F)NC3=O)ccc2o1)C(C1CC1)C1CC1. The number of imidazole rings is 1. The number of carbonyl (C=O) groups excluding carboxylic acids is 2. The first kappa shape index (κ1) is 23.8. The van der Waals surface area contributed by atoms with Gasteiger partial charge in [-0.2, -0.15) is 13.2 Å². The number of urea groups is 1. The first-order valence-corrected chi connectivity index (χ1v) is 12.5. The molecule has 9 nitrogen and oxygen atoms in total. The predicted octanol–water partition coefficient (Wildman–Crippen LogP) is 3.92. The lowest BCUT2D eigenvalue weighted by molar-refractivity contribution is -0.149. The van der Waals surface area contributed by atoms with E-state index in [1.807, 2.05) is 5.32 Å². The Morgan fingerprint density at radius 3 is 2.57 bits per heavy atom. The van der Waals surface area contributed by atoms with Crippen LogP contribution in [-0.2, 0) is 13.6 Å². The van der Waals surface area contributed by atoms with E-state index in [0.29, 0.717) is 40.2 Å². The van der Waals surface area contributed by atoms with Crippen molar-refractivity contribution in [2.45, 2.75) is 50.5 Å². The third-order valence-electron chi connectivity index (χ3n) is 7.52. The number of nitrogens with one attached hydrogen (secondary N) is 2. The summed E-state index contributed by atoms with van der Waals surface area (Å²) in [6, 6.07) is 2.09. The number of hydrogen-bond acceptors (Lipinski definition) is 5. The second-order valence-corrected chi connectivity index (χ2v) is 10.3. The van der Waals surface area contributed by atoms with Crippen LogP contribution in [0, 0.1) is 17.8 Å². The van der Waals surface area contributed by atoms with Crippen LogP contribution < -0.4 is 10.6 Å². The van der Waals surface area contributed by atoms with E-state index in [1.165, 1.54) is 0 Å². The zero-order chi connectivity index (χ0) is 25.9. The predicted molar refractivity (Wildman–Crippen MR) is 125 cm³/mol. The first-order chi connectivity index (χ1) is 17.7. The number of oxazole rings is 1. The molecule has 1 aliphatic heterocycles. The van der Waals surface area contributed by atoms with E-state index >= 15 is 0 Å². The highest BCUT2D eigenvalue weighted by Crippen LogP contribution is 2.54. The summed E-state index contributed by atoms with van der Waals surface area (Å²) in [5.41, 5.74) is 1.68. The van der Waals surface area contributed by atoms with E-state index in [0.717, 1.165) is 30.6 Å². The second-order valence-electron chi connectivity index (χ2n) is 10.3. The highest BCUT2D eigenvalue weighted by molar-refractivity contribution is 5.91. The fourth-order valence-corrected chi connectivity index (χ4v) is 5.36. The number of rotatable bonds is 8. The first-order valence-electron chi connectivity index (χ1n) is 12.5. The van der Waals surface area contributed by atoms with Crippen molar-refractivity contribution < 1.29 is 27.2 Å². The summed E-state index contributed by atoms with van der Waals surface area (Å²) >= 11 is 0. The fraction of sp³-hybridized carbons (Fsp3) is 0.520. The van der Waals surface area contributed by atoms with Crippen molar-refractivity contribution in [1.82, 2.24) is 30.1 Å². The van der Waals surface area contributed by atoms with Crippen molar-refractivity contribution in [2.24, 2.45) is 24.8 Å². The summed E-state index contributed by atoms with van der Waals surface area (Å²) in [6.07, 6.45) is 3.22. The smallest absolute Gasteiger partial charge is 0.410 e. The number of alkyl halides is 3. The van der Waals surface area contributed by atoms with E-state index in [-0.39, 0.29) is 18.4 Å². The van der Waals surface area contributed by atoms with Crippen LogP contribution in [0.15, 0.2) is 35.0 Å². The van der Waals surface area contributed by atoms with E-state index in [2.05, 4.69) is 10.3 Å². The molecule has 2 atom stereocenters. The molecule has 2 N–H and O–H groups in total. The average Bonchev–Trinajstić information content (AvgIpc) is 3.74. The minimum atomic E-state index is -4.50. The monoisotopic (exact) mass is 516 g/mol. The number of nitrogens with zero attached hydrogens (tertiary/aromatic N) is 4. The molecule has 196 valence electrons. The summed E-state index contributed by atoms with van der Waals surface area (Å²) in [6.45, 7) is -0.432. The van der Waals surface area contributed by atoms with Gasteiger partial charge in [-0.25, -0.2) is 14.8 Å². The molecule has 2 aromatic heterocycles. The van der Waals surface area contributed by atoms with Crippen molar-refractivity contribution in [1.29, 1.82) is 0 Å². The Balaban J connectivity index is 1.26. The highest BCUT2D eigenvalue weighted by atomic mass is 19.4. The van der Waals surface area contributed by atoms with Crippen LogP contribution in [0.1, 0.15) is 53.8 Å². The van der Waals surface area contributed by atoms with Crippen molar-refractivity contribution in [3.8, 4) is 0 Å². The standard InChI is InChI=1S/C25H27F3N6O3/c1-33-9-8-29-21(33)22(35)32-20(19(14-3-4-14)15-5-6-15)23-30-16-10-13(2-7-17(16)37-23)11-34-12-18(25(26,27)28)31-24(34)36/h2,7-10,14-15,18-20H,3-6,11-12H2,1H3,(H,31,36)(H,32,35). The molecule has 3 aromatic rings. The zero-order valence-electron chi connectivity index (χ0n) is 20.2.